The molecule has 0 radical (unpaired) electrons. The summed E-state index contributed by atoms with van der Waals surface area (Å²) in [4.78, 5) is 16.9. The van der Waals surface area contributed by atoms with E-state index >= 15 is 0 Å². The maximum Gasteiger partial charge on any atom is 0.416 e. The molecule has 0 bridgehead atoms. The van der Waals surface area contributed by atoms with Gasteiger partial charge in [0.1, 0.15) is 5.82 Å². The number of benzene rings is 2. The summed E-state index contributed by atoms with van der Waals surface area (Å²) in [5.74, 6) is -1.78. The molecule has 1 N–H and O–H groups in total. The number of alkyl halides is 3. The Balaban J connectivity index is 1.88. The number of carboxylic acids is 1. The van der Waals surface area contributed by atoms with Gasteiger partial charge in [0.2, 0.25) is 5.13 Å². The van der Waals surface area contributed by atoms with Crippen molar-refractivity contribution in [2.45, 2.75) is 36.4 Å². The Morgan fingerprint density at radius 3 is 2.37 bits per heavy atom. The zero-order chi connectivity index (χ0) is 25.5. The molecular formula is C24H19F4N3O2S2. The van der Waals surface area contributed by atoms with Crippen molar-refractivity contribution in [2.24, 2.45) is 0 Å². The van der Waals surface area contributed by atoms with Gasteiger partial charge in [0.25, 0.3) is 0 Å². The summed E-state index contributed by atoms with van der Waals surface area (Å²) >= 11 is 2.65. The third-order valence-corrected chi connectivity index (χ3v) is 7.21. The zero-order valence-corrected chi connectivity index (χ0v) is 20.4. The molecule has 4 rings (SSSR count). The molecular weight excluding hydrogens is 502 g/mol. The van der Waals surface area contributed by atoms with Crippen molar-refractivity contribution in [3.63, 3.8) is 0 Å². The quantitative estimate of drug-likeness (QED) is 0.213. The van der Waals surface area contributed by atoms with E-state index in [-0.39, 0.29) is 21.6 Å². The van der Waals surface area contributed by atoms with Crippen LogP contribution in [0.15, 0.2) is 52.7 Å². The van der Waals surface area contributed by atoms with Crippen LogP contribution < -0.4 is 0 Å². The molecule has 182 valence electrons. The lowest BCUT2D eigenvalue weighted by molar-refractivity contribution is -0.137. The standard InChI is InChI=1S/C24H19F4N3O2S2/c1-12(2)34-22-19(14-7-9-16(10-8-14)24(26,27)28)29-23(35-22)31-20(21(32)33)18(13(3)30-31)15-5-4-6-17(25)11-15/h4-12H,1-3H3,(H,32,33). The summed E-state index contributed by atoms with van der Waals surface area (Å²) in [6.45, 7) is 5.55. The number of hydrogen-bond donors (Lipinski definition) is 1. The zero-order valence-electron chi connectivity index (χ0n) is 18.7. The topological polar surface area (TPSA) is 68.0 Å². The first-order valence-corrected chi connectivity index (χ1v) is 12.1. The minimum Gasteiger partial charge on any atom is -0.476 e. The second-order valence-electron chi connectivity index (χ2n) is 7.91. The van der Waals surface area contributed by atoms with Crippen molar-refractivity contribution in [1.29, 1.82) is 0 Å². The molecule has 2 heterocycles. The molecule has 35 heavy (non-hydrogen) atoms. The first-order valence-electron chi connectivity index (χ1n) is 10.4. The van der Waals surface area contributed by atoms with Crippen LogP contribution in [-0.4, -0.2) is 31.1 Å². The van der Waals surface area contributed by atoms with E-state index in [9.17, 15) is 27.5 Å². The lowest BCUT2D eigenvalue weighted by Crippen LogP contribution is -2.09. The first kappa shape index (κ1) is 24.9. The van der Waals surface area contributed by atoms with Gasteiger partial charge in [0.05, 0.1) is 21.2 Å². The number of nitrogens with zero attached hydrogens (tertiary/aromatic N) is 3. The van der Waals surface area contributed by atoms with Gasteiger partial charge in [-0.15, -0.1) is 11.8 Å². The van der Waals surface area contributed by atoms with Gasteiger partial charge in [-0.1, -0.05) is 49.4 Å². The lowest BCUT2D eigenvalue weighted by Gasteiger charge is -2.08. The molecule has 0 saturated carbocycles. The van der Waals surface area contributed by atoms with Crippen LogP contribution >= 0.6 is 23.1 Å². The number of carboxylic acid groups (broad SMARTS) is 1. The fourth-order valence-electron chi connectivity index (χ4n) is 3.53. The Kier molecular flexibility index (Phi) is 6.74. The minimum absolute atomic E-state index is 0.137. The third-order valence-electron chi connectivity index (χ3n) is 4.97. The lowest BCUT2D eigenvalue weighted by atomic mass is 10.0. The molecule has 0 aliphatic rings. The number of aromatic carboxylic acids is 1. The van der Waals surface area contributed by atoms with E-state index < -0.39 is 23.5 Å². The number of aromatic nitrogens is 3. The van der Waals surface area contributed by atoms with Gasteiger partial charge in [0.15, 0.2) is 5.69 Å². The Bertz CT molecular complexity index is 1390. The van der Waals surface area contributed by atoms with Crippen LogP contribution in [0.3, 0.4) is 0 Å². The summed E-state index contributed by atoms with van der Waals surface area (Å²) in [6, 6.07) is 10.2. The normalized spacial score (nSPS) is 11.9. The molecule has 11 heteroatoms. The molecule has 0 fully saturated rings. The van der Waals surface area contributed by atoms with Gasteiger partial charge in [-0.3, -0.25) is 0 Å². The number of carbonyl (C=O) groups is 1. The van der Waals surface area contributed by atoms with Crippen molar-refractivity contribution < 1.29 is 27.5 Å². The van der Waals surface area contributed by atoms with E-state index in [2.05, 4.69) is 10.1 Å². The maximum atomic E-state index is 13.9. The van der Waals surface area contributed by atoms with Gasteiger partial charge >= 0.3 is 12.1 Å². The van der Waals surface area contributed by atoms with Crippen molar-refractivity contribution in [3.05, 3.63) is 71.3 Å². The maximum absolute atomic E-state index is 13.9. The highest BCUT2D eigenvalue weighted by atomic mass is 32.2. The van der Waals surface area contributed by atoms with Crippen molar-refractivity contribution in [3.8, 4) is 27.5 Å². The Morgan fingerprint density at radius 1 is 1.11 bits per heavy atom. The highest BCUT2D eigenvalue weighted by Crippen LogP contribution is 2.41. The average Bonchev–Trinajstić information content (AvgIpc) is 3.33. The summed E-state index contributed by atoms with van der Waals surface area (Å²) < 4.78 is 54.8. The van der Waals surface area contributed by atoms with E-state index in [1.54, 1.807) is 13.0 Å². The summed E-state index contributed by atoms with van der Waals surface area (Å²) in [5.41, 5.74) is 0.956. The van der Waals surface area contributed by atoms with E-state index in [1.165, 1.54) is 58.1 Å². The Hall–Kier alpha value is -3.18. The average molecular weight is 522 g/mol. The van der Waals surface area contributed by atoms with Crippen molar-refractivity contribution in [2.75, 3.05) is 0 Å². The predicted molar refractivity (Wildman–Crippen MR) is 128 cm³/mol. The molecule has 0 aliphatic carbocycles. The molecule has 0 spiro atoms. The molecule has 0 atom stereocenters. The van der Waals surface area contributed by atoms with Crippen LogP contribution in [-0.2, 0) is 6.18 Å². The van der Waals surface area contributed by atoms with Gasteiger partial charge in [-0.05, 0) is 36.8 Å². The molecule has 0 saturated heterocycles. The molecule has 0 aliphatic heterocycles. The molecule has 0 amide bonds. The van der Waals surface area contributed by atoms with Crippen LogP contribution in [0.4, 0.5) is 17.6 Å². The number of halogens is 4. The van der Waals surface area contributed by atoms with E-state index in [0.717, 1.165) is 12.1 Å². The molecule has 2 aromatic carbocycles. The monoisotopic (exact) mass is 521 g/mol. The smallest absolute Gasteiger partial charge is 0.416 e. The van der Waals surface area contributed by atoms with Gasteiger partial charge < -0.3 is 5.11 Å². The second-order valence-corrected chi connectivity index (χ2v) is 10.7. The van der Waals surface area contributed by atoms with Crippen molar-refractivity contribution in [1.82, 2.24) is 14.8 Å². The Labute approximate surface area is 206 Å². The largest absolute Gasteiger partial charge is 0.476 e. The highest BCUT2D eigenvalue weighted by molar-refractivity contribution is 8.01. The van der Waals surface area contributed by atoms with Gasteiger partial charge in [-0.2, -0.15) is 23.0 Å². The first-order chi connectivity index (χ1) is 16.5. The fourth-order valence-corrected chi connectivity index (χ4v) is 6.01. The highest BCUT2D eigenvalue weighted by Gasteiger charge is 2.31. The minimum atomic E-state index is -4.46. The number of hydrogen-bond acceptors (Lipinski definition) is 5. The van der Waals surface area contributed by atoms with E-state index in [1.807, 2.05) is 13.8 Å². The second kappa shape index (κ2) is 9.46. The summed E-state index contributed by atoms with van der Waals surface area (Å²) in [6.07, 6.45) is -4.46. The molecule has 2 aromatic heterocycles. The number of thioether (sulfide) groups is 1. The van der Waals surface area contributed by atoms with E-state index in [0.29, 0.717) is 26.7 Å². The van der Waals surface area contributed by atoms with Crippen molar-refractivity contribution >= 4 is 29.1 Å². The summed E-state index contributed by atoms with van der Waals surface area (Å²) in [7, 11) is 0. The number of rotatable bonds is 6. The fraction of sp³-hybridized carbons (Fsp3) is 0.208. The number of aryl methyl sites for hydroxylation is 1. The van der Waals surface area contributed by atoms with Crippen LogP contribution in [0, 0.1) is 12.7 Å². The predicted octanol–water partition coefficient (Wildman–Crippen LogP) is 7.33. The Morgan fingerprint density at radius 2 is 1.80 bits per heavy atom. The van der Waals surface area contributed by atoms with Crippen LogP contribution in [0.1, 0.15) is 35.6 Å². The van der Waals surface area contributed by atoms with Crippen LogP contribution in [0.2, 0.25) is 0 Å². The van der Waals surface area contributed by atoms with Crippen LogP contribution in [0.25, 0.3) is 27.5 Å². The molecule has 0 unspecified atom stereocenters. The molecule has 4 aromatic rings. The van der Waals surface area contributed by atoms with E-state index in [4.69, 9.17) is 0 Å². The van der Waals surface area contributed by atoms with Gasteiger partial charge in [0, 0.05) is 16.4 Å². The van der Waals surface area contributed by atoms with Crippen LogP contribution in [0.5, 0.6) is 0 Å². The third kappa shape index (κ3) is 5.10. The SMILES string of the molecule is Cc1nn(-c2nc(-c3ccc(C(F)(F)F)cc3)c(SC(C)C)s2)c(C(=O)O)c1-c1cccc(F)c1. The van der Waals surface area contributed by atoms with Gasteiger partial charge in [-0.25, -0.2) is 14.2 Å². The number of thiazole rings is 1. The molecule has 5 nitrogen and oxygen atoms in total. The summed E-state index contributed by atoms with van der Waals surface area (Å²) in [5, 5.41) is 14.8.